The lowest BCUT2D eigenvalue weighted by molar-refractivity contribution is 0.102. The van der Waals surface area contributed by atoms with Crippen LogP contribution in [0.4, 0.5) is 5.69 Å². The van der Waals surface area contributed by atoms with Crippen molar-refractivity contribution in [3.05, 3.63) is 59.7 Å². The fourth-order valence-corrected chi connectivity index (χ4v) is 2.57. The molecule has 0 heterocycles. The first-order valence-corrected chi connectivity index (χ1v) is 8.54. The Balaban J connectivity index is 1.96. The molecule has 0 saturated heterocycles. The van der Waals surface area contributed by atoms with Gasteiger partial charge in [0.05, 0.1) is 7.11 Å². The van der Waals surface area contributed by atoms with E-state index in [1.165, 1.54) is 0 Å². The Hall–Kier alpha value is -2.37. The van der Waals surface area contributed by atoms with E-state index >= 15 is 0 Å². The number of hydrogen-bond donors (Lipinski definition) is 3. The molecule has 0 radical (unpaired) electrons. The van der Waals surface area contributed by atoms with Gasteiger partial charge in [-0.25, -0.2) is 0 Å². The van der Waals surface area contributed by atoms with Gasteiger partial charge in [-0.15, -0.1) is 0 Å². The summed E-state index contributed by atoms with van der Waals surface area (Å²) in [5.74, 6) is 0.567. The number of aliphatic hydroxyl groups is 1. The van der Waals surface area contributed by atoms with E-state index in [1.807, 2.05) is 24.3 Å². The molecule has 0 aliphatic carbocycles. The molecule has 2 rings (SSSR count). The monoisotopic (exact) mass is 342 g/mol. The van der Waals surface area contributed by atoms with E-state index < -0.39 is 0 Å². The second kappa shape index (κ2) is 9.81. The van der Waals surface area contributed by atoms with Crippen LogP contribution in [0.25, 0.3) is 0 Å². The number of methoxy groups -OCH3 is 1. The number of benzene rings is 2. The molecule has 2 aromatic rings. The van der Waals surface area contributed by atoms with E-state index in [4.69, 9.17) is 9.84 Å². The summed E-state index contributed by atoms with van der Waals surface area (Å²) in [6, 6.07) is 15.1. The van der Waals surface area contributed by atoms with E-state index in [0.29, 0.717) is 18.2 Å². The van der Waals surface area contributed by atoms with Gasteiger partial charge in [0.1, 0.15) is 5.75 Å². The molecule has 1 amide bonds. The molecule has 3 N–H and O–H groups in total. The van der Waals surface area contributed by atoms with Crippen LogP contribution in [-0.2, 0) is 6.54 Å². The van der Waals surface area contributed by atoms with Gasteiger partial charge in [-0.3, -0.25) is 4.79 Å². The van der Waals surface area contributed by atoms with Gasteiger partial charge in [0.25, 0.3) is 5.91 Å². The number of carbonyl (C=O) groups is 1. The van der Waals surface area contributed by atoms with Gasteiger partial charge in [0.15, 0.2) is 0 Å². The Morgan fingerprint density at radius 2 is 1.96 bits per heavy atom. The fourth-order valence-electron chi connectivity index (χ4n) is 2.57. The summed E-state index contributed by atoms with van der Waals surface area (Å²) in [6.45, 7) is 2.98. The lowest BCUT2D eigenvalue weighted by Gasteiger charge is -2.16. The summed E-state index contributed by atoms with van der Waals surface area (Å²) in [6.07, 6.45) is 1.71. The van der Waals surface area contributed by atoms with Crippen molar-refractivity contribution >= 4 is 11.6 Å². The summed E-state index contributed by atoms with van der Waals surface area (Å²) < 4.78 is 5.10. The molecule has 0 aliphatic heterocycles. The van der Waals surface area contributed by atoms with Crippen molar-refractivity contribution in [1.29, 1.82) is 0 Å². The highest BCUT2D eigenvalue weighted by atomic mass is 16.5. The fraction of sp³-hybridized carbons (Fsp3) is 0.350. The lowest BCUT2D eigenvalue weighted by atomic mass is 10.1. The lowest BCUT2D eigenvalue weighted by Crippen LogP contribution is -2.28. The maximum Gasteiger partial charge on any atom is 0.255 e. The van der Waals surface area contributed by atoms with Crippen LogP contribution < -0.4 is 15.4 Å². The number of nitrogens with one attached hydrogen (secondary N) is 2. The van der Waals surface area contributed by atoms with Gasteiger partial charge in [-0.1, -0.05) is 19.1 Å². The first kappa shape index (κ1) is 19.0. The highest BCUT2D eigenvalue weighted by Gasteiger charge is 2.08. The molecule has 25 heavy (non-hydrogen) atoms. The van der Waals surface area contributed by atoms with Crippen LogP contribution in [0.15, 0.2) is 48.5 Å². The van der Waals surface area contributed by atoms with Gasteiger partial charge in [-0.05, 0) is 54.8 Å². The van der Waals surface area contributed by atoms with Crippen LogP contribution in [0.2, 0.25) is 0 Å². The summed E-state index contributed by atoms with van der Waals surface area (Å²) in [5.41, 5.74) is 2.43. The molecule has 0 saturated carbocycles. The summed E-state index contributed by atoms with van der Waals surface area (Å²) in [7, 11) is 1.60. The summed E-state index contributed by atoms with van der Waals surface area (Å²) in [4.78, 5) is 12.3. The SMILES string of the molecule is CCC(CCO)NCc1cccc(NC(=O)c2ccc(OC)cc2)c1. The molecule has 0 spiro atoms. The van der Waals surface area contributed by atoms with Crippen molar-refractivity contribution in [3.8, 4) is 5.75 Å². The molecule has 134 valence electrons. The van der Waals surface area contributed by atoms with Crippen molar-refractivity contribution in [1.82, 2.24) is 5.32 Å². The molecule has 5 nitrogen and oxygen atoms in total. The Kier molecular flexibility index (Phi) is 7.44. The van der Waals surface area contributed by atoms with E-state index in [9.17, 15) is 4.79 Å². The highest BCUT2D eigenvalue weighted by molar-refractivity contribution is 6.04. The molecule has 0 aromatic heterocycles. The molecule has 2 aromatic carbocycles. The number of ether oxygens (including phenoxy) is 1. The predicted molar refractivity (Wildman–Crippen MR) is 100 cm³/mol. The minimum absolute atomic E-state index is 0.153. The third-order valence-electron chi connectivity index (χ3n) is 4.10. The zero-order chi connectivity index (χ0) is 18.1. The third kappa shape index (κ3) is 5.89. The molecule has 5 heteroatoms. The number of carbonyl (C=O) groups excluding carboxylic acids is 1. The minimum atomic E-state index is -0.153. The van der Waals surface area contributed by atoms with Gasteiger partial charge < -0.3 is 20.5 Å². The van der Waals surface area contributed by atoms with Crippen LogP contribution in [0.1, 0.15) is 35.7 Å². The van der Waals surface area contributed by atoms with Gasteiger partial charge in [0.2, 0.25) is 0 Å². The number of rotatable bonds is 9. The standard InChI is InChI=1S/C20H26N2O3/c1-3-17(11-12-23)21-14-15-5-4-6-18(13-15)22-20(24)16-7-9-19(25-2)10-8-16/h4-10,13,17,21,23H,3,11-12,14H2,1-2H3,(H,22,24). The van der Waals surface area contributed by atoms with Gasteiger partial charge in [-0.2, -0.15) is 0 Å². The van der Waals surface area contributed by atoms with Crippen molar-refractivity contribution in [3.63, 3.8) is 0 Å². The van der Waals surface area contributed by atoms with E-state index in [1.54, 1.807) is 31.4 Å². The number of hydrogen-bond acceptors (Lipinski definition) is 4. The molecular formula is C20H26N2O3. The molecule has 0 fully saturated rings. The third-order valence-corrected chi connectivity index (χ3v) is 4.10. The van der Waals surface area contributed by atoms with E-state index in [2.05, 4.69) is 17.6 Å². The van der Waals surface area contributed by atoms with Crippen LogP contribution in [0, 0.1) is 0 Å². The molecule has 1 unspecified atom stereocenters. The van der Waals surface area contributed by atoms with Crippen LogP contribution in [0.3, 0.4) is 0 Å². The smallest absolute Gasteiger partial charge is 0.255 e. The predicted octanol–water partition coefficient (Wildman–Crippen LogP) is 3.20. The Labute approximate surface area is 149 Å². The quantitative estimate of drug-likeness (QED) is 0.654. The normalized spacial score (nSPS) is 11.8. The summed E-state index contributed by atoms with van der Waals surface area (Å²) in [5, 5.41) is 15.4. The zero-order valence-corrected chi connectivity index (χ0v) is 14.8. The highest BCUT2D eigenvalue weighted by Crippen LogP contribution is 2.15. The van der Waals surface area contributed by atoms with Gasteiger partial charge in [0, 0.05) is 30.4 Å². The molecule has 1 atom stereocenters. The second-order valence-electron chi connectivity index (χ2n) is 5.88. The van der Waals surface area contributed by atoms with Crippen molar-refractivity contribution in [2.24, 2.45) is 0 Å². The first-order valence-electron chi connectivity index (χ1n) is 8.54. The molecular weight excluding hydrogens is 316 g/mol. The first-order chi connectivity index (χ1) is 12.2. The Morgan fingerprint density at radius 1 is 1.20 bits per heavy atom. The maximum atomic E-state index is 12.3. The second-order valence-corrected chi connectivity index (χ2v) is 5.88. The van der Waals surface area contributed by atoms with Crippen LogP contribution in [-0.4, -0.2) is 30.8 Å². The van der Waals surface area contributed by atoms with Crippen molar-refractivity contribution < 1.29 is 14.6 Å². The Morgan fingerprint density at radius 3 is 2.60 bits per heavy atom. The topological polar surface area (TPSA) is 70.6 Å². The average molecular weight is 342 g/mol. The minimum Gasteiger partial charge on any atom is -0.497 e. The molecule has 0 bridgehead atoms. The molecule has 0 aliphatic rings. The number of amides is 1. The number of anilines is 1. The zero-order valence-electron chi connectivity index (χ0n) is 14.8. The van der Waals surface area contributed by atoms with E-state index in [0.717, 1.165) is 29.8 Å². The number of aliphatic hydroxyl groups excluding tert-OH is 1. The maximum absolute atomic E-state index is 12.3. The van der Waals surface area contributed by atoms with Gasteiger partial charge >= 0.3 is 0 Å². The van der Waals surface area contributed by atoms with Crippen molar-refractivity contribution in [2.45, 2.75) is 32.4 Å². The largest absolute Gasteiger partial charge is 0.497 e. The van der Waals surface area contributed by atoms with Crippen molar-refractivity contribution in [2.75, 3.05) is 19.0 Å². The summed E-state index contributed by atoms with van der Waals surface area (Å²) >= 11 is 0. The average Bonchev–Trinajstić information content (AvgIpc) is 2.65. The van der Waals surface area contributed by atoms with Crippen LogP contribution in [0.5, 0.6) is 5.75 Å². The Bertz CT molecular complexity index is 671. The van der Waals surface area contributed by atoms with Crippen LogP contribution >= 0.6 is 0 Å². The van der Waals surface area contributed by atoms with E-state index in [-0.39, 0.29) is 12.5 Å².